The number of carbonyl (C=O) groups excluding carboxylic acids is 1. The van der Waals surface area contributed by atoms with Crippen molar-refractivity contribution in [3.05, 3.63) is 33.4 Å². The molecule has 134 valence electrons. The molecule has 1 unspecified atom stereocenters. The third kappa shape index (κ3) is 3.15. The van der Waals surface area contributed by atoms with E-state index in [1.165, 1.54) is 7.11 Å². The van der Waals surface area contributed by atoms with Gasteiger partial charge in [-0.3, -0.25) is 4.79 Å². The van der Waals surface area contributed by atoms with Crippen LogP contribution in [-0.2, 0) is 4.79 Å². The molecule has 5 nitrogen and oxygen atoms in total. The molecular weight excluding hydrogens is 404 g/mol. The maximum absolute atomic E-state index is 12.7. The zero-order valence-electron chi connectivity index (χ0n) is 14.3. The van der Waals surface area contributed by atoms with Gasteiger partial charge in [0.25, 0.3) is 0 Å². The second-order valence-corrected chi connectivity index (χ2v) is 7.37. The highest BCUT2D eigenvalue weighted by molar-refractivity contribution is 9.10. The minimum Gasteiger partial charge on any atom is -0.503 e. The Morgan fingerprint density at radius 1 is 1.44 bits per heavy atom. The number of ketones is 1. The Hall–Kier alpha value is -1.60. The maximum Gasteiger partial charge on any atom is 0.173 e. The second-order valence-electron chi connectivity index (χ2n) is 6.19. The molecule has 7 heteroatoms. The normalized spacial score (nSPS) is 20.4. The fraction of sp³-hybridized carbons (Fsp3) is 0.444. The number of phenols is 1. The van der Waals surface area contributed by atoms with Crippen molar-refractivity contribution < 1.29 is 14.6 Å². The molecule has 0 radical (unpaired) electrons. The number of allylic oxidation sites excluding steroid dienone is 1. The van der Waals surface area contributed by atoms with Crippen molar-refractivity contribution in [3.63, 3.8) is 0 Å². The maximum atomic E-state index is 12.7. The molecule has 0 aromatic heterocycles. The number of phenolic OH excluding ortho intramolecular Hbond substituents is 1. The molecular formula is C18H21BrN2O3S. The lowest BCUT2D eigenvalue weighted by Gasteiger charge is -2.41. The van der Waals surface area contributed by atoms with Crippen LogP contribution in [0.3, 0.4) is 0 Å². The Bertz CT molecular complexity index is 763. The number of rotatable bonds is 4. The molecule has 0 bridgehead atoms. The number of nitrogens with zero attached hydrogens (tertiary/aromatic N) is 1. The van der Waals surface area contributed by atoms with Crippen molar-refractivity contribution in [2.45, 2.75) is 38.6 Å². The highest BCUT2D eigenvalue weighted by atomic mass is 79.9. The van der Waals surface area contributed by atoms with Gasteiger partial charge >= 0.3 is 0 Å². The summed E-state index contributed by atoms with van der Waals surface area (Å²) in [7, 11) is 1.50. The Morgan fingerprint density at radius 2 is 2.20 bits per heavy atom. The lowest BCUT2D eigenvalue weighted by Crippen LogP contribution is -2.49. The van der Waals surface area contributed by atoms with E-state index >= 15 is 0 Å². The standard InChI is InChI=1S/C18H21BrN2O3S/c1-3-9-21-11-5-4-6-12(22)14(11)16(20-18(21)25)10-7-8-13(24-2)17(23)15(10)19/h7-8,16,23H,3-6,9H2,1-2H3,(H,20,25). The molecule has 0 saturated carbocycles. The quantitative estimate of drug-likeness (QED) is 0.716. The zero-order chi connectivity index (χ0) is 18.1. The smallest absolute Gasteiger partial charge is 0.173 e. The first-order valence-corrected chi connectivity index (χ1v) is 9.59. The van der Waals surface area contributed by atoms with Gasteiger partial charge in [0.2, 0.25) is 0 Å². The van der Waals surface area contributed by atoms with E-state index in [1.807, 2.05) is 6.07 Å². The minimum absolute atomic E-state index is 0.0223. The zero-order valence-corrected chi connectivity index (χ0v) is 16.7. The van der Waals surface area contributed by atoms with Crippen LogP contribution in [0.25, 0.3) is 0 Å². The first kappa shape index (κ1) is 18.2. The van der Waals surface area contributed by atoms with Crippen molar-refractivity contribution in [2.75, 3.05) is 13.7 Å². The number of benzene rings is 1. The van der Waals surface area contributed by atoms with E-state index in [9.17, 15) is 9.90 Å². The van der Waals surface area contributed by atoms with Crippen LogP contribution in [0.5, 0.6) is 11.5 Å². The summed E-state index contributed by atoms with van der Waals surface area (Å²) in [5.41, 5.74) is 2.56. The third-order valence-corrected chi connectivity index (χ3v) is 5.81. The Morgan fingerprint density at radius 3 is 2.88 bits per heavy atom. The lowest BCUT2D eigenvalue weighted by atomic mass is 9.84. The van der Waals surface area contributed by atoms with E-state index in [1.54, 1.807) is 6.07 Å². The number of halogens is 1. The van der Waals surface area contributed by atoms with Crippen LogP contribution in [0.2, 0.25) is 0 Å². The number of ether oxygens (including phenoxy) is 1. The number of nitrogens with one attached hydrogen (secondary N) is 1. The highest BCUT2D eigenvalue weighted by Crippen LogP contribution is 2.44. The summed E-state index contributed by atoms with van der Waals surface area (Å²) in [5, 5.41) is 14.3. The van der Waals surface area contributed by atoms with E-state index in [-0.39, 0.29) is 17.6 Å². The summed E-state index contributed by atoms with van der Waals surface area (Å²) in [6.07, 6.45) is 3.19. The Labute approximate surface area is 161 Å². The van der Waals surface area contributed by atoms with Gasteiger partial charge in [-0.15, -0.1) is 0 Å². The van der Waals surface area contributed by atoms with Gasteiger partial charge in [0, 0.05) is 24.2 Å². The van der Waals surface area contributed by atoms with Gasteiger partial charge < -0.3 is 20.1 Å². The number of Topliss-reactive ketones (excluding diaryl/α,β-unsaturated/α-hetero) is 1. The second kappa shape index (κ2) is 7.33. The van der Waals surface area contributed by atoms with Gasteiger partial charge in [0.1, 0.15) is 0 Å². The largest absolute Gasteiger partial charge is 0.503 e. The molecule has 1 aromatic rings. The van der Waals surface area contributed by atoms with E-state index < -0.39 is 0 Å². The molecule has 1 aliphatic carbocycles. The number of methoxy groups -OCH3 is 1. The van der Waals surface area contributed by atoms with Crippen LogP contribution in [-0.4, -0.2) is 34.6 Å². The number of hydrogen-bond acceptors (Lipinski definition) is 4. The molecule has 0 spiro atoms. The third-order valence-electron chi connectivity index (χ3n) is 4.64. The number of hydrogen-bond donors (Lipinski definition) is 2. The number of thiocarbonyl (C=S) groups is 1. The predicted octanol–water partition coefficient (Wildman–Crippen LogP) is 3.81. The van der Waals surface area contributed by atoms with Crippen LogP contribution in [0.4, 0.5) is 0 Å². The van der Waals surface area contributed by atoms with Crippen molar-refractivity contribution in [2.24, 2.45) is 0 Å². The van der Waals surface area contributed by atoms with Gasteiger partial charge in [0.15, 0.2) is 22.4 Å². The van der Waals surface area contributed by atoms with Crippen LogP contribution in [0, 0.1) is 0 Å². The first-order chi connectivity index (χ1) is 12.0. The molecule has 1 aromatic carbocycles. The van der Waals surface area contributed by atoms with E-state index in [2.05, 4.69) is 33.1 Å². The molecule has 2 N–H and O–H groups in total. The van der Waals surface area contributed by atoms with Crippen LogP contribution >= 0.6 is 28.1 Å². The summed E-state index contributed by atoms with van der Waals surface area (Å²) >= 11 is 9.02. The van der Waals surface area contributed by atoms with Crippen LogP contribution in [0.15, 0.2) is 27.9 Å². The summed E-state index contributed by atoms with van der Waals surface area (Å²) in [6, 6.07) is 3.19. The van der Waals surface area contributed by atoms with E-state index in [4.69, 9.17) is 17.0 Å². The molecule has 2 aliphatic rings. The molecule has 0 saturated heterocycles. The molecule has 25 heavy (non-hydrogen) atoms. The SMILES string of the molecule is CCCN1C(=S)NC(c2ccc(OC)c(O)c2Br)C2=C1CCCC2=O. The number of aromatic hydroxyl groups is 1. The highest BCUT2D eigenvalue weighted by Gasteiger charge is 2.38. The summed E-state index contributed by atoms with van der Waals surface area (Å²) in [6.45, 7) is 2.89. The number of carbonyl (C=O) groups is 1. The average molecular weight is 425 g/mol. The topological polar surface area (TPSA) is 61.8 Å². The molecule has 0 amide bonds. The van der Waals surface area contributed by atoms with Crippen LogP contribution in [0.1, 0.15) is 44.2 Å². The summed E-state index contributed by atoms with van der Waals surface area (Å²) < 4.78 is 5.67. The van der Waals surface area contributed by atoms with E-state index in [0.29, 0.717) is 21.8 Å². The fourth-order valence-corrected chi connectivity index (χ4v) is 4.37. The molecule has 1 aliphatic heterocycles. The van der Waals surface area contributed by atoms with Crippen molar-refractivity contribution in [3.8, 4) is 11.5 Å². The first-order valence-electron chi connectivity index (χ1n) is 8.39. The van der Waals surface area contributed by atoms with Gasteiger partial charge in [0.05, 0.1) is 17.6 Å². The van der Waals surface area contributed by atoms with Crippen molar-refractivity contribution in [1.29, 1.82) is 0 Å². The molecule has 1 heterocycles. The van der Waals surface area contributed by atoms with Crippen molar-refractivity contribution >= 4 is 39.0 Å². The Balaban J connectivity index is 2.13. The summed E-state index contributed by atoms with van der Waals surface area (Å²) in [5.74, 6) is 0.546. The molecule has 0 fully saturated rings. The van der Waals surface area contributed by atoms with E-state index in [0.717, 1.165) is 42.6 Å². The average Bonchev–Trinajstić information content (AvgIpc) is 2.60. The fourth-order valence-electron chi connectivity index (χ4n) is 3.49. The predicted molar refractivity (Wildman–Crippen MR) is 104 cm³/mol. The monoisotopic (exact) mass is 424 g/mol. The Kier molecular flexibility index (Phi) is 5.34. The minimum atomic E-state index is -0.366. The van der Waals surface area contributed by atoms with Crippen molar-refractivity contribution in [1.82, 2.24) is 10.2 Å². The molecule has 1 atom stereocenters. The molecule has 3 rings (SSSR count). The van der Waals surface area contributed by atoms with Gasteiger partial charge in [-0.05, 0) is 59.0 Å². The summed E-state index contributed by atoms with van der Waals surface area (Å²) in [4.78, 5) is 14.8. The van der Waals surface area contributed by atoms with Crippen LogP contribution < -0.4 is 10.1 Å². The lowest BCUT2D eigenvalue weighted by molar-refractivity contribution is -0.116. The van der Waals surface area contributed by atoms with Gasteiger partial charge in [-0.1, -0.05) is 13.0 Å². The van der Waals surface area contributed by atoms with Gasteiger partial charge in [-0.25, -0.2) is 0 Å². The van der Waals surface area contributed by atoms with Gasteiger partial charge in [-0.2, -0.15) is 0 Å².